The van der Waals surface area contributed by atoms with Crippen molar-refractivity contribution in [1.29, 1.82) is 0 Å². The third-order valence-electron chi connectivity index (χ3n) is 5.48. The molecular weight excluding hydrogens is 359 g/mol. The summed E-state index contributed by atoms with van der Waals surface area (Å²) in [6, 6.07) is 10.8. The van der Waals surface area contributed by atoms with Crippen molar-refractivity contribution in [3.05, 3.63) is 71.4 Å². The van der Waals surface area contributed by atoms with Crippen LogP contribution >= 0.6 is 0 Å². The minimum atomic E-state index is -0.628. The summed E-state index contributed by atoms with van der Waals surface area (Å²) in [6.07, 6.45) is 3.97. The molecule has 0 radical (unpaired) electrons. The van der Waals surface area contributed by atoms with Crippen LogP contribution in [0.3, 0.4) is 0 Å². The number of hydrogen-bond acceptors (Lipinski definition) is 4. The highest BCUT2D eigenvalue weighted by molar-refractivity contribution is 5.93. The Morgan fingerprint density at radius 3 is 2.75 bits per heavy atom. The zero-order valence-electron chi connectivity index (χ0n) is 15.5. The molecule has 0 aliphatic carbocycles. The fraction of sp³-hybridized carbons (Fsp3) is 0.333. The highest BCUT2D eigenvalue weighted by Gasteiger charge is 2.32. The minimum absolute atomic E-state index is 0.0651. The van der Waals surface area contributed by atoms with Gasteiger partial charge in [0.15, 0.2) is 11.5 Å². The number of carbonyl (C=O) groups is 1. The molecule has 2 atom stereocenters. The number of rotatable bonds is 4. The summed E-state index contributed by atoms with van der Waals surface area (Å²) in [6.45, 7) is 1.24. The summed E-state index contributed by atoms with van der Waals surface area (Å²) in [5.41, 5.74) is 8.34. The van der Waals surface area contributed by atoms with Crippen LogP contribution in [-0.4, -0.2) is 44.5 Å². The molecule has 28 heavy (non-hydrogen) atoms. The zero-order valence-corrected chi connectivity index (χ0v) is 15.5. The Hall–Kier alpha value is -2.77. The van der Waals surface area contributed by atoms with E-state index in [0.29, 0.717) is 19.5 Å². The fourth-order valence-electron chi connectivity index (χ4n) is 3.88. The maximum Gasteiger partial charge on any atom is 0.274 e. The van der Waals surface area contributed by atoms with Crippen LogP contribution in [0, 0.1) is 11.7 Å². The number of fused-ring (bicyclic) bond motifs is 1. The number of piperidine rings is 1. The second-order valence-corrected chi connectivity index (χ2v) is 7.26. The van der Waals surface area contributed by atoms with E-state index in [2.05, 4.69) is 4.98 Å². The second-order valence-electron chi connectivity index (χ2n) is 7.26. The number of carbonyl (C=O) groups excluding carboxylic acids is 1. The number of aliphatic hydroxyl groups excluding tert-OH is 1. The van der Waals surface area contributed by atoms with Gasteiger partial charge in [-0.2, -0.15) is 0 Å². The third kappa shape index (κ3) is 3.50. The Morgan fingerprint density at radius 2 is 2.04 bits per heavy atom. The van der Waals surface area contributed by atoms with E-state index in [1.807, 2.05) is 24.3 Å². The number of aliphatic hydroxyl groups is 1. The van der Waals surface area contributed by atoms with Crippen molar-refractivity contribution in [2.75, 3.05) is 13.1 Å². The zero-order chi connectivity index (χ0) is 19.7. The van der Waals surface area contributed by atoms with Crippen LogP contribution in [0.25, 0.3) is 5.65 Å². The Labute approximate surface area is 162 Å². The SMILES string of the molecule is NCc1ccccc1CC1CCN(C(=O)c2cn3cccc(F)c3n2)CC1O. The van der Waals surface area contributed by atoms with Crippen molar-refractivity contribution in [3.8, 4) is 0 Å². The van der Waals surface area contributed by atoms with E-state index in [9.17, 15) is 14.3 Å². The monoisotopic (exact) mass is 382 g/mol. The molecule has 4 rings (SSSR count). The Kier molecular flexibility index (Phi) is 5.11. The van der Waals surface area contributed by atoms with Gasteiger partial charge in [0.1, 0.15) is 5.69 Å². The van der Waals surface area contributed by atoms with E-state index in [4.69, 9.17) is 5.73 Å². The highest BCUT2D eigenvalue weighted by atomic mass is 19.1. The molecule has 7 heteroatoms. The smallest absolute Gasteiger partial charge is 0.274 e. The molecule has 0 spiro atoms. The first-order valence-electron chi connectivity index (χ1n) is 9.44. The van der Waals surface area contributed by atoms with Gasteiger partial charge < -0.3 is 20.1 Å². The van der Waals surface area contributed by atoms with E-state index in [0.717, 1.165) is 17.5 Å². The molecule has 3 aromatic rings. The van der Waals surface area contributed by atoms with Crippen LogP contribution in [0.2, 0.25) is 0 Å². The highest BCUT2D eigenvalue weighted by Crippen LogP contribution is 2.25. The number of pyridine rings is 1. The first-order valence-corrected chi connectivity index (χ1v) is 9.44. The molecule has 1 aliphatic rings. The van der Waals surface area contributed by atoms with E-state index in [1.54, 1.807) is 17.2 Å². The number of benzene rings is 1. The first kappa shape index (κ1) is 18.6. The number of imidazole rings is 1. The van der Waals surface area contributed by atoms with Gasteiger partial charge in [0.25, 0.3) is 5.91 Å². The normalized spacial score (nSPS) is 19.9. The maximum atomic E-state index is 13.8. The van der Waals surface area contributed by atoms with Crippen molar-refractivity contribution in [2.45, 2.75) is 25.5 Å². The molecule has 1 fully saturated rings. The van der Waals surface area contributed by atoms with Gasteiger partial charge >= 0.3 is 0 Å². The molecule has 3 heterocycles. The van der Waals surface area contributed by atoms with Crippen molar-refractivity contribution in [2.24, 2.45) is 11.7 Å². The van der Waals surface area contributed by atoms with Gasteiger partial charge in [0.2, 0.25) is 0 Å². The van der Waals surface area contributed by atoms with Gasteiger partial charge in [-0.1, -0.05) is 24.3 Å². The van der Waals surface area contributed by atoms with Crippen LogP contribution in [0.15, 0.2) is 48.8 Å². The molecule has 1 aromatic carbocycles. The minimum Gasteiger partial charge on any atom is -0.391 e. The predicted octanol–water partition coefficient (Wildman–Crippen LogP) is 2.00. The molecule has 146 valence electrons. The summed E-state index contributed by atoms with van der Waals surface area (Å²) < 4.78 is 15.3. The van der Waals surface area contributed by atoms with E-state index >= 15 is 0 Å². The van der Waals surface area contributed by atoms with Gasteiger partial charge in [-0.15, -0.1) is 0 Å². The van der Waals surface area contributed by atoms with E-state index < -0.39 is 11.9 Å². The van der Waals surface area contributed by atoms with Gasteiger partial charge in [-0.05, 0) is 42.0 Å². The predicted molar refractivity (Wildman–Crippen MR) is 103 cm³/mol. The summed E-state index contributed by atoms with van der Waals surface area (Å²) in [5.74, 6) is -0.697. The summed E-state index contributed by atoms with van der Waals surface area (Å²) in [5, 5.41) is 10.6. The molecule has 3 N–H and O–H groups in total. The topological polar surface area (TPSA) is 83.9 Å². The van der Waals surface area contributed by atoms with E-state index in [-0.39, 0.29) is 29.7 Å². The van der Waals surface area contributed by atoms with Crippen LogP contribution in [0.1, 0.15) is 28.0 Å². The molecule has 1 aliphatic heterocycles. The number of aromatic nitrogens is 2. The maximum absolute atomic E-state index is 13.8. The lowest BCUT2D eigenvalue weighted by Crippen LogP contribution is -2.47. The van der Waals surface area contributed by atoms with Crippen molar-refractivity contribution in [3.63, 3.8) is 0 Å². The molecule has 0 bridgehead atoms. The number of hydrogen-bond donors (Lipinski definition) is 2. The molecule has 2 aromatic heterocycles. The van der Waals surface area contributed by atoms with Crippen LogP contribution in [-0.2, 0) is 13.0 Å². The summed E-state index contributed by atoms with van der Waals surface area (Å²) >= 11 is 0. The number of halogens is 1. The number of amides is 1. The molecule has 6 nitrogen and oxygen atoms in total. The Balaban J connectivity index is 1.45. The van der Waals surface area contributed by atoms with E-state index in [1.165, 1.54) is 16.7 Å². The third-order valence-corrected chi connectivity index (χ3v) is 5.48. The van der Waals surface area contributed by atoms with Gasteiger partial charge in [0, 0.05) is 32.0 Å². The van der Waals surface area contributed by atoms with Crippen LogP contribution < -0.4 is 5.73 Å². The number of nitrogens with zero attached hydrogens (tertiary/aromatic N) is 3. The van der Waals surface area contributed by atoms with Crippen LogP contribution in [0.4, 0.5) is 4.39 Å². The second kappa shape index (κ2) is 7.69. The van der Waals surface area contributed by atoms with Gasteiger partial charge in [-0.25, -0.2) is 9.37 Å². The number of nitrogens with two attached hydrogens (primary N) is 1. The van der Waals surface area contributed by atoms with Crippen LogP contribution in [0.5, 0.6) is 0 Å². The molecule has 1 amide bonds. The molecular formula is C21H23FN4O2. The van der Waals surface area contributed by atoms with Gasteiger partial charge in [0.05, 0.1) is 6.10 Å². The number of β-amino-alcohol motifs (C(OH)–C–C–N with tert-alkyl or cyclic N) is 1. The summed E-state index contributed by atoms with van der Waals surface area (Å²) in [7, 11) is 0. The quantitative estimate of drug-likeness (QED) is 0.723. The molecule has 2 unspecified atom stereocenters. The summed E-state index contributed by atoms with van der Waals surface area (Å²) in [4.78, 5) is 18.5. The fourth-order valence-corrected chi connectivity index (χ4v) is 3.88. The Morgan fingerprint density at radius 1 is 1.25 bits per heavy atom. The molecule has 0 saturated carbocycles. The van der Waals surface area contributed by atoms with Crippen molar-refractivity contribution in [1.82, 2.24) is 14.3 Å². The lowest BCUT2D eigenvalue weighted by Gasteiger charge is -2.36. The standard InChI is InChI=1S/C21H23FN4O2/c22-17-6-3-8-25-12-18(24-20(17)25)21(28)26-9-7-15(19(27)13-26)10-14-4-1-2-5-16(14)11-23/h1-6,8,12,15,19,27H,7,9-11,13,23H2. The average molecular weight is 382 g/mol. The lowest BCUT2D eigenvalue weighted by molar-refractivity contribution is 0.0194. The lowest BCUT2D eigenvalue weighted by atomic mass is 9.86. The van der Waals surface area contributed by atoms with Crippen molar-refractivity contribution < 1.29 is 14.3 Å². The Bertz CT molecular complexity index is 1000. The largest absolute Gasteiger partial charge is 0.391 e. The molecule has 1 saturated heterocycles. The number of likely N-dealkylation sites (tertiary alicyclic amines) is 1. The first-order chi connectivity index (χ1) is 13.6. The van der Waals surface area contributed by atoms with Crippen molar-refractivity contribution >= 4 is 11.6 Å². The average Bonchev–Trinajstić information content (AvgIpc) is 3.15. The van der Waals surface area contributed by atoms with Gasteiger partial charge in [-0.3, -0.25) is 4.79 Å².